The van der Waals surface area contributed by atoms with Gasteiger partial charge in [-0.2, -0.15) is 11.8 Å². The monoisotopic (exact) mass is 269 g/mol. The van der Waals surface area contributed by atoms with Gasteiger partial charge in [0.15, 0.2) is 0 Å². The van der Waals surface area contributed by atoms with Crippen LogP contribution in [0.25, 0.3) is 0 Å². The molecule has 0 aromatic heterocycles. The van der Waals surface area contributed by atoms with Crippen molar-refractivity contribution in [1.29, 1.82) is 0 Å². The molecule has 0 bridgehead atoms. The third kappa shape index (κ3) is 8.96. The fourth-order valence-corrected chi connectivity index (χ4v) is 1.89. The molecule has 0 aromatic rings. The molecule has 0 aliphatic carbocycles. The molecule has 0 radical (unpaired) electrons. The molecular weight excluding hydrogens is 250 g/mol. The number of carbonyl (C=O) groups excluding carboxylic acids is 1. The lowest BCUT2D eigenvalue weighted by Gasteiger charge is -2.11. The van der Waals surface area contributed by atoms with Gasteiger partial charge >= 0.3 is 0 Å². The van der Waals surface area contributed by atoms with Crippen molar-refractivity contribution in [3.05, 3.63) is 0 Å². The van der Waals surface area contributed by atoms with E-state index in [4.69, 9.17) is 5.73 Å². The molecule has 16 heavy (non-hydrogen) atoms. The molecule has 0 saturated carbocycles. The fraction of sp³-hybridized carbons (Fsp3) is 0.875. The molecule has 0 aliphatic heterocycles. The molecule has 1 amide bonds. The second-order valence-corrected chi connectivity index (χ2v) is 6.16. The van der Waals surface area contributed by atoms with E-state index in [-0.39, 0.29) is 19.0 Å². The Morgan fingerprint density at radius 1 is 1.44 bits per heavy atom. The number of nitrogens with one attached hydrogen (secondary N) is 2. The average molecular weight is 269 g/mol. The van der Waals surface area contributed by atoms with Gasteiger partial charge in [0.25, 0.3) is 0 Å². The first-order valence-electron chi connectivity index (χ1n) is 4.83. The lowest BCUT2D eigenvalue weighted by Crippen LogP contribution is -2.43. The van der Waals surface area contributed by atoms with E-state index in [2.05, 4.69) is 10.0 Å². The first kappa shape index (κ1) is 15.7. The number of hydrogen-bond acceptors (Lipinski definition) is 5. The quantitative estimate of drug-likeness (QED) is 0.477. The summed E-state index contributed by atoms with van der Waals surface area (Å²) in [6, 6.07) is -0.523. The number of thioether (sulfide) groups is 1. The molecule has 0 heterocycles. The highest BCUT2D eigenvalue weighted by molar-refractivity contribution is 7.98. The van der Waals surface area contributed by atoms with E-state index in [9.17, 15) is 13.2 Å². The zero-order valence-electron chi connectivity index (χ0n) is 9.52. The summed E-state index contributed by atoms with van der Waals surface area (Å²) in [6.45, 7) is 0.429. The van der Waals surface area contributed by atoms with E-state index in [0.29, 0.717) is 6.42 Å². The molecule has 0 saturated heterocycles. The molecular formula is C8H19N3O3S2. The van der Waals surface area contributed by atoms with Crippen LogP contribution < -0.4 is 15.8 Å². The highest BCUT2D eigenvalue weighted by Crippen LogP contribution is 1.98. The minimum Gasteiger partial charge on any atom is -0.353 e. The molecule has 96 valence electrons. The van der Waals surface area contributed by atoms with Crippen molar-refractivity contribution >= 4 is 27.7 Å². The highest BCUT2D eigenvalue weighted by Gasteiger charge is 2.11. The first-order chi connectivity index (χ1) is 7.37. The second kappa shape index (κ2) is 7.88. The molecule has 4 N–H and O–H groups in total. The van der Waals surface area contributed by atoms with Crippen LogP contribution in [0, 0.1) is 0 Å². The summed E-state index contributed by atoms with van der Waals surface area (Å²) >= 11 is 1.63. The Morgan fingerprint density at radius 2 is 2.06 bits per heavy atom. The summed E-state index contributed by atoms with van der Waals surface area (Å²) < 4.78 is 23.7. The molecule has 0 aromatic carbocycles. The number of rotatable bonds is 8. The van der Waals surface area contributed by atoms with E-state index >= 15 is 0 Å². The van der Waals surface area contributed by atoms with Gasteiger partial charge in [-0.15, -0.1) is 0 Å². The molecule has 0 rings (SSSR count). The van der Waals surface area contributed by atoms with Gasteiger partial charge in [0.05, 0.1) is 12.3 Å². The minimum absolute atomic E-state index is 0.180. The van der Waals surface area contributed by atoms with Gasteiger partial charge in [0.1, 0.15) is 0 Å². The van der Waals surface area contributed by atoms with E-state index in [1.165, 1.54) is 0 Å². The van der Waals surface area contributed by atoms with Crippen LogP contribution in [0.1, 0.15) is 6.42 Å². The van der Waals surface area contributed by atoms with Crippen LogP contribution in [0.2, 0.25) is 0 Å². The van der Waals surface area contributed by atoms with Crippen LogP contribution in [-0.4, -0.2) is 51.7 Å². The van der Waals surface area contributed by atoms with E-state index in [0.717, 1.165) is 12.0 Å². The molecule has 1 atom stereocenters. The fourth-order valence-electron chi connectivity index (χ4n) is 0.929. The normalized spacial score (nSPS) is 13.4. The third-order valence-electron chi connectivity index (χ3n) is 1.76. The van der Waals surface area contributed by atoms with Gasteiger partial charge in [0.2, 0.25) is 15.9 Å². The van der Waals surface area contributed by atoms with Crippen molar-refractivity contribution in [1.82, 2.24) is 10.0 Å². The van der Waals surface area contributed by atoms with Crippen LogP contribution in [0.5, 0.6) is 0 Å². The molecule has 0 unspecified atom stereocenters. The largest absolute Gasteiger partial charge is 0.353 e. The summed E-state index contributed by atoms with van der Waals surface area (Å²) in [4.78, 5) is 11.4. The SMILES string of the molecule is CSCC[C@H](N)C(=O)NCCNS(C)(=O)=O. The number of carbonyl (C=O) groups is 1. The zero-order valence-corrected chi connectivity index (χ0v) is 11.2. The van der Waals surface area contributed by atoms with Crippen LogP contribution in [0.3, 0.4) is 0 Å². The van der Waals surface area contributed by atoms with Gasteiger partial charge in [-0.25, -0.2) is 13.1 Å². The molecule has 0 spiro atoms. The van der Waals surface area contributed by atoms with Gasteiger partial charge in [-0.05, 0) is 18.4 Å². The summed E-state index contributed by atoms with van der Waals surface area (Å²) in [6.07, 6.45) is 3.63. The second-order valence-electron chi connectivity index (χ2n) is 3.35. The van der Waals surface area contributed by atoms with Crippen molar-refractivity contribution < 1.29 is 13.2 Å². The maximum absolute atomic E-state index is 11.4. The van der Waals surface area contributed by atoms with E-state index < -0.39 is 16.1 Å². The Labute approximate surface area is 101 Å². The van der Waals surface area contributed by atoms with Crippen molar-refractivity contribution in [2.45, 2.75) is 12.5 Å². The van der Waals surface area contributed by atoms with Crippen LogP contribution in [0.4, 0.5) is 0 Å². The van der Waals surface area contributed by atoms with Crippen LogP contribution in [0.15, 0.2) is 0 Å². The summed E-state index contributed by atoms with van der Waals surface area (Å²) in [7, 11) is -3.19. The topological polar surface area (TPSA) is 101 Å². The van der Waals surface area contributed by atoms with Gasteiger partial charge in [0, 0.05) is 13.1 Å². The van der Waals surface area contributed by atoms with E-state index in [1.54, 1.807) is 11.8 Å². The predicted octanol–water partition coefficient (Wildman–Crippen LogP) is -1.27. The van der Waals surface area contributed by atoms with Crippen LogP contribution >= 0.6 is 11.8 Å². The lowest BCUT2D eigenvalue weighted by molar-refractivity contribution is -0.122. The molecule has 6 nitrogen and oxygen atoms in total. The predicted molar refractivity (Wildman–Crippen MR) is 66.8 cm³/mol. The smallest absolute Gasteiger partial charge is 0.236 e. The molecule has 8 heteroatoms. The van der Waals surface area contributed by atoms with E-state index in [1.807, 2.05) is 6.26 Å². The van der Waals surface area contributed by atoms with Gasteiger partial charge in [-0.3, -0.25) is 4.79 Å². The maximum atomic E-state index is 11.4. The Balaban J connectivity index is 3.65. The lowest BCUT2D eigenvalue weighted by atomic mass is 10.2. The Bertz CT molecular complexity index is 306. The molecule has 0 aliphatic rings. The summed E-state index contributed by atoms with van der Waals surface area (Å²) in [5.74, 6) is 0.584. The summed E-state index contributed by atoms with van der Waals surface area (Å²) in [5, 5.41) is 2.56. The number of amides is 1. The zero-order chi connectivity index (χ0) is 12.6. The first-order valence-corrected chi connectivity index (χ1v) is 8.12. The third-order valence-corrected chi connectivity index (χ3v) is 3.13. The minimum atomic E-state index is -3.19. The number of hydrogen-bond donors (Lipinski definition) is 3. The Kier molecular flexibility index (Phi) is 7.73. The Morgan fingerprint density at radius 3 is 2.56 bits per heavy atom. The highest BCUT2D eigenvalue weighted by atomic mass is 32.2. The Hall–Kier alpha value is -0.310. The standard InChI is InChI=1S/C8H19N3O3S2/c1-15-6-3-7(9)8(12)10-4-5-11-16(2,13)14/h7,11H,3-6,9H2,1-2H3,(H,10,12)/t7-/m0/s1. The van der Waals surface area contributed by atoms with Crippen molar-refractivity contribution in [3.8, 4) is 0 Å². The van der Waals surface area contributed by atoms with Crippen molar-refractivity contribution in [2.24, 2.45) is 5.73 Å². The average Bonchev–Trinajstić information content (AvgIpc) is 2.19. The summed E-state index contributed by atoms with van der Waals surface area (Å²) in [5.41, 5.74) is 5.61. The van der Waals surface area contributed by atoms with Crippen molar-refractivity contribution in [2.75, 3.05) is 31.4 Å². The number of nitrogens with two attached hydrogens (primary N) is 1. The molecule has 0 fully saturated rings. The maximum Gasteiger partial charge on any atom is 0.236 e. The number of sulfonamides is 1. The van der Waals surface area contributed by atoms with Crippen LogP contribution in [-0.2, 0) is 14.8 Å². The van der Waals surface area contributed by atoms with Gasteiger partial charge in [-0.1, -0.05) is 0 Å². The van der Waals surface area contributed by atoms with Crippen molar-refractivity contribution in [3.63, 3.8) is 0 Å². The van der Waals surface area contributed by atoms with Gasteiger partial charge < -0.3 is 11.1 Å².